The van der Waals surface area contributed by atoms with E-state index in [2.05, 4.69) is 41.5 Å². The summed E-state index contributed by atoms with van der Waals surface area (Å²) in [5.41, 5.74) is 2.92. The number of benzene rings is 1. The lowest BCUT2D eigenvalue weighted by molar-refractivity contribution is 0.119. The third-order valence-corrected chi connectivity index (χ3v) is 5.09. The Morgan fingerprint density at radius 2 is 1.91 bits per heavy atom. The van der Waals surface area contributed by atoms with Gasteiger partial charge in [-0.15, -0.1) is 0 Å². The van der Waals surface area contributed by atoms with Gasteiger partial charge in [-0.3, -0.25) is 0 Å². The van der Waals surface area contributed by atoms with E-state index in [-0.39, 0.29) is 17.5 Å². The number of piperidine rings is 1. The van der Waals surface area contributed by atoms with Crippen LogP contribution in [-0.2, 0) is 12.0 Å². The number of rotatable bonds is 1. The fraction of sp³-hybridized carbons (Fsp3) is 0.611. The number of nitrogens with one attached hydrogen (secondary N) is 1. The van der Waals surface area contributed by atoms with Crippen LogP contribution in [0, 0.1) is 0 Å². The molecule has 3 rings (SSSR count). The fourth-order valence-corrected chi connectivity index (χ4v) is 3.84. The molecule has 1 spiro atoms. The van der Waals surface area contributed by atoms with Gasteiger partial charge in [-0.25, -0.2) is 4.79 Å². The first-order valence-electron chi connectivity index (χ1n) is 8.32. The monoisotopic (exact) mass is 301 g/mol. The number of fused-ring (bicyclic) bond motifs is 2. The topological polar surface area (TPSA) is 35.6 Å². The first-order valence-corrected chi connectivity index (χ1v) is 8.32. The molecule has 1 fully saturated rings. The fourth-order valence-electron chi connectivity index (χ4n) is 3.84. The van der Waals surface area contributed by atoms with E-state index in [9.17, 15) is 4.79 Å². The van der Waals surface area contributed by atoms with Gasteiger partial charge in [0.15, 0.2) is 0 Å². The maximum Gasteiger partial charge on any atom is 0.317 e. The number of carbonyl (C=O) groups is 1. The third-order valence-electron chi connectivity index (χ3n) is 5.09. The molecule has 0 bridgehead atoms. The standard InChI is InChI=1S/C18H27N3O/c1-14(2)19-17(22)21-12-15-6-4-5-7-16(15)18(13-21)8-10-20(3)11-9-18/h4-7,14H,8-13H2,1-3H3,(H,19,22). The molecule has 120 valence electrons. The van der Waals surface area contributed by atoms with E-state index in [1.54, 1.807) is 0 Å². The maximum atomic E-state index is 12.5. The zero-order valence-corrected chi connectivity index (χ0v) is 13.9. The molecular weight excluding hydrogens is 274 g/mol. The van der Waals surface area contributed by atoms with Crippen LogP contribution in [-0.4, -0.2) is 48.6 Å². The Hall–Kier alpha value is -1.55. The molecule has 2 aliphatic rings. The molecule has 1 N–H and O–H groups in total. The Morgan fingerprint density at radius 3 is 2.59 bits per heavy atom. The number of hydrogen-bond donors (Lipinski definition) is 1. The van der Waals surface area contributed by atoms with Gasteiger partial charge >= 0.3 is 6.03 Å². The molecule has 1 aromatic carbocycles. The third kappa shape index (κ3) is 2.84. The van der Waals surface area contributed by atoms with Crippen LogP contribution in [0.3, 0.4) is 0 Å². The molecule has 4 heteroatoms. The van der Waals surface area contributed by atoms with E-state index in [0.29, 0.717) is 0 Å². The Kier molecular flexibility index (Phi) is 4.13. The highest BCUT2D eigenvalue weighted by Gasteiger charge is 2.42. The normalized spacial score (nSPS) is 21.0. The van der Waals surface area contributed by atoms with Crippen LogP contribution < -0.4 is 5.32 Å². The highest BCUT2D eigenvalue weighted by Crippen LogP contribution is 2.41. The van der Waals surface area contributed by atoms with Crippen LogP contribution in [0.25, 0.3) is 0 Å². The summed E-state index contributed by atoms with van der Waals surface area (Å²) in [6, 6.07) is 8.94. The summed E-state index contributed by atoms with van der Waals surface area (Å²) < 4.78 is 0. The Morgan fingerprint density at radius 1 is 1.23 bits per heavy atom. The summed E-state index contributed by atoms with van der Waals surface area (Å²) in [5, 5.41) is 3.05. The molecule has 22 heavy (non-hydrogen) atoms. The second-order valence-corrected chi connectivity index (χ2v) is 7.20. The van der Waals surface area contributed by atoms with E-state index in [1.807, 2.05) is 18.7 Å². The number of amides is 2. The highest BCUT2D eigenvalue weighted by molar-refractivity contribution is 5.75. The zero-order chi connectivity index (χ0) is 15.7. The van der Waals surface area contributed by atoms with Crippen molar-refractivity contribution in [2.75, 3.05) is 26.7 Å². The molecule has 2 heterocycles. The van der Waals surface area contributed by atoms with Gasteiger partial charge in [-0.1, -0.05) is 24.3 Å². The second kappa shape index (κ2) is 5.92. The van der Waals surface area contributed by atoms with E-state index in [4.69, 9.17) is 0 Å². The lowest BCUT2D eigenvalue weighted by Crippen LogP contribution is -2.55. The van der Waals surface area contributed by atoms with Gasteiger partial charge in [-0.05, 0) is 58.0 Å². The number of likely N-dealkylation sites (tertiary alicyclic amines) is 1. The number of nitrogens with zero attached hydrogens (tertiary/aromatic N) is 2. The smallest absolute Gasteiger partial charge is 0.317 e. The van der Waals surface area contributed by atoms with Gasteiger partial charge in [-0.2, -0.15) is 0 Å². The van der Waals surface area contributed by atoms with Crippen LogP contribution >= 0.6 is 0 Å². The van der Waals surface area contributed by atoms with Crippen molar-refractivity contribution in [3.8, 4) is 0 Å². The minimum Gasteiger partial charge on any atom is -0.336 e. The van der Waals surface area contributed by atoms with Crippen molar-refractivity contribution in [1.29, 1.82) is 0 Å². The summed E-state index contributed by atoms with van der Waals surface area (Å²) in [5.74, 6) is 0. The van der Waals surface area contributed by atoms with Crippen LogP contribution in [0.1, 0.15) is 37.8 Å². The summed E-state index contributed by atoms with van der Waals surface area (Å²) in [6.07, 6.45) is 2.26. The molecule has 0 saturated carbocycles. The predicted molar refractivity (Wildman–Crippen MR) is 88.9 cm³/mol. The number of carbonyl (C=O) groups excluding carboxylic acids is 1. The van der Waals surface area contributed by atoms with E-state index in [0.717, 1.165) is 39.0 Å². The van der Waals surface area contributed by atoms with E-state index < -0.39 is 0 Å². The molecule has 2 amide bonds. The molecule has 4 nitrogen and oxygen atoms in total. The zero-order valence-electron chi connectivity index (χ0n) is 13.9. The van der Waals surface area contributed by atoms with Crippen LogP contribution in [0.2, 0.25) is 0 Å². The second-order valence-electron chi connectivity index (χ2n) is 7.20. The van der Waals surface area contributed by atoms with Crippen LogP contribution in [0.5, 0.6) is 0 Å². The van der Waals surface area contributed by atoms with Crippen LogP contribution in [0.4, 0.5) is 4.79 Å². The van der Waals surface area contributed by atoms with Gasteiger partial charge < -0.3 is 15.1 Å². The average Bonchev–Trinajstić information content (AvgIpc) is 2.49. The van der Waals surface area contributed by atoms with Crippen LogP contribution in [0.15, 0.2) is 24.3 Å². The lowest BCUT2D eigenvalue weighted by Gasteiger charge is -2.48. The van der Waals surface area contributed by atoms with Crippen molar-refractivity contribution in [1.82, 2.24) is 15.1 Å². The first-order chi connectivity index (χ1) is 10.5. The maximum absolute atomic E-state index is 12.5. The van der Waals surface area contributed by atoms with E-state index >= 15 is 0 Å². The van der Waals surface area contributed by atoms with E-state index in [1.165, 1.54) is 11.1 Å². The molecule has 0 atom stereocenters. The van der Waals surface area contributed by atoms with Gasteiger partial charge in [0.1, 0.15) is 0 Å². The first kappa shape index (κ1) is 15.3. The Labute approximate surface area is 133 Å². The minimum atomic E-state index is 0.0720. The SMILES string of the molecule is CC(C)NC(=O)N1Cc2ccccc2C2(CCN(C)CC2)C1. The minimum absolute atomic E-state index is 0.0720. The number of hydrogen-bond acceptors (Lipinski definition) is 2. The Bertz CT molecular complexity index is 547. The molecule has 2 aliphatic heterocycles. The van der Waals surface area contributed by atoms with Crippen molar-refractivity contribution in [3.05, 3.63) is 35.4 Å². The molecular formula is C18H27N3O. The Balaban J connectivity index is 1.90. The van der Waals surface area contributed by atoms with Gasteiger partial charge in [0, 0.05) is 24.5 Å². The van der Waals surface area contributed by atoms with Crippen molar-refractivity contribution in [2.24, 2.45) is 0 Å². The largest absolute Gasteiger partial charge is 0.336 e. The molecule has 0 radical (unpaired) electrons. The molecule has 1 aromatic rings. The lowest BCUT2D eigenvalue weighted by atomic mass is 9.69. The van der Waals surface area contributed by atoms with Crippen molar-refractivity contribution in [2.45, 2.75) is 44.7 Å². The predicted octanol–water partition coefficient (Wildman–Crippen LogP) is 2.58. The van der Waals surface area contributed by atoms with Gasteiger partial charge in [0.05, 0.1) is 0 Å². The molecule has 0 unspecified atom stereocenters. The van der Waals surface area contributed by atoms with Crippen molar-refractivity contribution in [3.63, 3.8) is 0 Å². The molecule has 0 aromatic heterocycles. The quantitative estimate of drug-likeness (QED) is 0.865. The highest BCUT2D eigenvalue weighted by atomic mass is 16.2. The summed E-state index contributed by atoms with van der Waals surface area (Å²) in [6.45, 7) is 7.81. The van der Waals surface area contributed by atoms with Gasteiger partial charge in [0.25, 0.3) is 0 Å². The van der Waals surface area contributed by atoms with Crippen molar-refractivity contribution >= 4 is 6.03 Å². The van der Waals surface area contributed by atoms with Crippen molar-refractivity contribution < 1.29 is 4.79 Å². The summed E-state index contributed by atoms with van der Waals surface area (Å²) in [4.78, 5) is 16.9. The van der Waals surface area contributed by atoms with Gasteiger partial charge in [0.2, 0.25) is 0 Å². The number of urea groups is 1. The average molecular weight is 301 g/mol. The molecule has 0 aliphatic carbocycles. The molecule has 1 saturated heterocycles. The summed E-state index contributed by atoms with van der Waals surface area (Å²) in [7, 11) is 2.19. The summed E-state index contributed by atoms with van der Waals surface area (Å²) >= 11 is 0.